The van der Waals surface area contributed by atoms with Crippen LogP contribution in [0.3, 0.4) is 0 Å². The van der Waals surface area contributed by atoms with E-state index in [-0.39, 0.29) is 11.9 Å². The number of rotatable bonds is 7. The molecule has 1 aliphatic rings. The lowest BCUT2D eigenvalue weighted by atomic mass is 10.2. The van der Waals surface area contributed by atoms with Gasteiger partial charge in [-0.2, -0.15) is 0 Å². The van der Waals surface area contributed by atoms with E-state index >= 15 is 0 Å². The minimum atomic E-state index is -0.223. The second-order valence-electron chi connectivity index (χ2n) is 6.20. The molecule has 0 radical (unpaired) electrons. The molecule has 132 valence electrons. The van der Waals surface area contributed by atoms with E-state index in [1.165, 1.54) is 12.1 Å². The zero-order valence-electron chi connectivity index (χ0n) is 14.2. The first-order valence-corrected chi connectivity index (χ1v) is 8.58. The molecule has 0 aromatic heterocycles. The number of benzene rings is 2. The predicted molar refractivity (Wildman–Crippen MR) is 96.1 cm³/mol. The standard InChI is InChI=1S/C20H23FN2O2/c21-18-6-8-19(9-7-18)22-10-12-23(13-11-22)20(14-24)16-25-15-17-4-2-1-3-5-17/h1-9,14,20H,10-13,15-16H2. The first-order chi connectivity index (χ1) is 12.3. The Morgan fingerprint density at radius 1 is 1.00 bits per heavy atom. The quantitative estimate of drug-likeness (QED) is 0.725. The number of hydrogen-bond donors (Lipinski definition) is 0. The summed E-state index contributed by atoms with van der Waals surface area (Å²) in [5.41, 5.74) is 2.12. The van der Waals surface area contributed by atoms with Crippen LogP contribution in [0, 0.1) is 5.82 Å². The zero-order chi connectivity index (χ0) is 17.5. The maximum atomic E-state index is 13.0. The number of anilines is 1. The van der Waals surface area contributed by atoms with Crippen LogP contribution in [0.2, 0.25) is 0 Å². The van der Waals surface area contributed by atoms with Gasteiger partial charge in [-0.05, 0) is 29.8 Å². The van der Waals surface area contributed by atoms with Crippen molar-refractivity contribution in [1.29, 1.82) is 0 Å². The predicted octanol–water partition coefficient (Wildman–Crippen LogP) is 2.73. The first kappa shape index (κ1) is 17.6. The lowest BCUT2D eigenvalue weighted by molar-refractivity contribution is -0.115. The molecule has 2 aromatic rings. The van der Waals surface area contributed by atoms with Gasteiger partial charge in [0.2, 0.25) is 0 Å². The van der Waals surface area contributed by atoms with Crippen LogP contribution in [-0.4, -0.2) is 50.0 Å². The summed E-state index contributed by atoms with van der Waals surface area (Å²) < 4.78 is 18.8. The molecule has 1 heterocycles. The van der Waals surface area contributed by atoms with Gasteiger partial charge in [0, 0.05) is 31.9 Å². The largest absolute Gasteiger partial charge is 0.375 e. The molecule has 5 heteroatoms. The highest BCUT2D eigenvalue weighted by atomic mass is 19.1. The van der Waals surface area contributed by atoms with Gasteiger partial charge in [0.15, 0.2) is 0 Å². The molecule has 1 atom stereocenters. The van der Waals surface area contributed by atoms with Crippen molar-refractivity contribution in [3.63, 3.8) is 0 Å². The summed E-state index contributed by atoms with van der Waals surface area (Å²) in [6, 6.07) is 16.3. The van der Waals surface area contributed by atoms with Gasteiger partial charge in [0.25, 0.3) is 0 Å². The Hall–Kier alpha value is -2.24. The van der Waals surface area contributed by atoms with Gasteiger partial charge in [0.1, 0.15) is 12.1 Å². The second kappa shape index (κ2) is 8.74. The normalized spacial score (nSPS) is 16.6. The van der Waals surface area contributed by atoms with E-state index in [0.29, 0.717) is 13.2 Å². The summed E-state index contributed by atoms with van der Waals surface area (Å²) in [5, 5.41) is 0. The summed E-state index contributed by atoms with van der Waals surface area (Å²) in [4.78, 5) is 15.8. The van der Waals surface area contributed by atoms with Gasteiger partial charge in [-0.15, -0.1) is 0 Å². The van der Waals surface area contributed by atoms with Gasteiger partial charge in [-0.3, -0.25) is 4.90 Å². The molecule has 2 aromatic carbocycles. The van der Waals surface area contributed by atoms with Crippen molar-refractivity contribution in [2.45, 2.75) is 12.6 Å². The molecule has 1 saturated heterocycles. The molecule has 1 unspecified atom stereocenters. The van der Waals surface area contributed by atoms with E-state index in [1.807, 2.05) is 30.3 Å². The monoisotopic (exact) mass is 342 g/mol. The molecule has 3 rings (SSSR count). The average molecular weight is 342 g/mol. The first-order valence-electron chi connectivity index (χ1n) is 8.58. The maximum Gasteiger partial charge on any atom is 0.139 e. The van der Waals surface area contributed by atoms with E-state index < -0.39 is 0 Å². The van der Waals surface area contributed by atoms with Crippen LogP contribution in [0.4, 0.5) is 10.1 Å². The fourth-order valence-electron chi connectivity index (χ4n) is 3.07. The third kappa shape index (κ3) is 4.87. The van der Waals surface area contributed by atoms with Crippen LogP contribution in [0.25, 0.3) is 0 Å². The molecule has 1 aliphatic heterocycles. The highest BCUT2D eigenvalue weighted by molar-refractivity contribution is 5.58. The van der Waals surface area contributed by atoms with Gasteiger partial charge < -0.3 is 14.4 Å². The molecule has 0 saturated carbocycles. The maximum absolute atomic E-state index is 13.0. The molecule has 0 spiro atoms. The zero-order valence-corrected chi connectivity index (χ0v) is 14.2. The van der Waals surface area contributed by atoms with Crippen molar-refractivity contribution in [2.24, 2.45) is 0 Å². The second-order valence-corrected chi connectivity index (χ2v) is 6.20. The van der Waals surface area contributed by atoms with Crippen LogP contribution in [-0.2, 0) is 16.1 Å². The van der Waals surface area contributed by atoms with Gasteiger partial charge in [-0.1, -0.05) is 30.3 Å². The highest BCUT2D eigenvalue weighted by Gasteiger charge is 2.23. The number of ether oxygens (including phenoxy) is 1. The van der Waals surface area contributed by atoms with Crippen molar-refractivity contribution >= 4 is 12.0 Å². The lowest BCUT2D eigenvalue weighted by Crippen LogP contribution is -2.52. The van der Waals surface area contributed by atoms with Crippen molar-refractivity contribution in [3.05, 3.63) is 66.0 Å². The van der Waals surface area contributed by atoms with Crippen molar-refractivity contribution in [3.8, 4) is 0 Å². The van der Waals surface area contributed by atoms with Gasteiger partial charge in [-0.25, -0.2) is 4.39 Å². The smallest absolute Gasteiger partial charge is 0.139 e. The average Bonchev–Trinajstić information content (AvgIpc) is 2.67. The Bertz CT molecular complexity index is 655. The van der Waals surface area contributed by atoms with Crippen LogP contribution >= 0.6 is 0 Å². The Morgan fingerprint density at radius 3 is 2.32 bits per heavy atom. The Kier molecular flexibility index (Phi) is 6.14. The van der Waals surface area contributed by atoms with Crippen LogP contribution in [0.5, 0.6) is 0 Å². The van der Waals surface area contributed by atoms with E-state index in [9.17, 15) is 9.18 Å². The molecule has 1 fully saturated rings. The number of carbonyl (C=O) groups excluding carboxylic acids is 1. The van der Waals surface area contributed by atoms with Gasteiger partial charge >= 0.3 is 0 Å². The Labute approximate surface area is 147 Å². The van der Waals surface area contributed by atoms with Crippen molar-refractivity contribution in [2.75, 3.05) is 37.7 Å². The fraction of sp³-hybridized carbons (Fsp3) is 0.350. The topological polar surface area (TPSA) is 32.8 Å². The van der Waals surface area contributed by atoms with E-state index in [1.54, 1.807) is 12.1 Å². The van der Waals surface area contributed by atoms with Gasteiger partial charge in [0.05, 0.1) is 19.3 Å². The summed E-state index contributed by atoms with van der Waals surface area (Å²) in [7, 11) is 0. The number of carbonyl (C=O) groups is 1. The van der Waals surface area contributed by atoms with Crippen LogP contribution in [0.1, 0.15) is 5.56 Å². The summed E-state index contributed by atoms with van der Waals surface area (Å²) in [5.74, 6) is -0.223. The molecule has 0 amide bonds. The Morgan fingerprint density at radius 2 is 1.68 bits per heavy atom. The molecular weight excluding hydrogens is 319 g/mol. The molecule has 0 bridgehead atoms. The fourth-order valence-corrected chi connectivity index (χ4v) is 3.07. The number of nitrogens with zero attached hydrogens (tertiary/aromatic N) is 2. The van der Waals surface area contributed by atoms with Crippen LogP contribution in [0.15, 0.2) is 54.6 Å². The van der Waals surface area contributed by atoms with E-state index in [4.69, 9.17) is 4.74 Å². The minimum Gasteiger partial charge on any atom is -0.375 e. The molecule has 0 aliphatic carbocycles. The van der Waals surface area contributed by atoms with Crippen LogP contribution < -0.4 is 4.90 Å². The third-order valence-electron chi connectivity index (χ3n) is 4.53. The van der Waals surface area contributed by atoms with Crippen molar-refractivity contribution < 1.29 is 13.9 Å². The number of halogens is 1. The molecule has 25 heavy (non-hydrogen) atoms. The number of hydrogen-bond acceptors (Lipinski definition) is 4. The summed E-state index contributed by atoms with van der Waals surface area (Å²) in [6.07, 6.45) is 0.971. The number of aldehydes is 1. The SMILES string of the molecule is O=CC(COCc1ccccc1)N1CCN(c2ccc(F)cc2)CC1. The summed E-state index contributed by atoms with van der Waals surface area (Å²) in [6.45, 7) is 4.12. The third-order valence-corrected chi connectivity index (χ3v) is 4.53. The minimum absolute atomic E-state index is 0.223. The van der Waals surface area contributed by atoms with Crippen molar-refractivity contribution in [1.82, 2.24) is 4.90 Å². The summed E-state index contributed by atoms with van der Waals surface area (Å²) >= 11 is 0. The molecular formula is C20H23FN2O2. The number of piperazine rings is 1. The molecule has 4 nitrogen and oxygen atoms in total. The van der Waals surface area contributed by atoms with E-state index in [2.05, 4.69) is 9.80 Å². The highest BCUT2D eigenvalue weighted by Crippen LogP contribution is 2.17. The van der Waals surface area contributed by atoms with E-state index in [0.717, 1.165) is 43.7 Å². The molecule has 0 N–H and O–H groups in total. The Balaban J connectivity index is 1.46. The lowest BCUT2D eigenvalue weighted by Gasteiger charge is -2.38.